The molecule has 0 saturated heterocycles. The molecule has 90 valence electrons. The van der Waals surface area contributed by atoms with Crippen LogP contribution in [0.4, 0.5) is 5.82 Å². The highest BCUT2D eigenvalue weighted by Gasteiger charge is 2.23. The summed E-state index contributed by atoms with van der Waals surface area (Å²) in [6, 6.07) is 2.94. The molecule has 0 radical (unpaired) electrons. The van der Waals surface area contributed by atoms with Crippen molar-refractivity contribution in [1.82, 2.24) is 9.29 Å². The number of nitrogens with one attached hydrogen (secondary N) is 1. The maximum atomic E-state index is 12.1. The molecule has 0 unspecified atom stereocenters. The largest absolute Gasteiger partial charge is 0.373 e. The second-order valence-electron chi connectivity index (χ2n) is 3.74. The summed E-state index contributed by atoms with van der Waals surface area (Å²) < 4.78 is 25.6. The first kappa shape index (κ1) is 12.9. The lowest BCUT2D eigenvalue weighted by molar-refractivity contribution is 0.410. The molecule has 5 nitrogen and oxygen atoms in total. The second-order valence-corrected chi connectivity index (χ2v) is 5.74. The van der Waals surface area contributed by atoms with Crippen molar-refractivity contribution < 1.29 is 8.42 Å². The topological polar surface area (TPSA) is 62.3 Å². The Morgan fingerprint density at radius 1 is 1.44 bits per heavy atom. The number of nitrogens with zero attached hydrogens (tertiary/aromatic N) is 2. The van der Waals surface area contributed by atoms with Crippen LogP contribution in [0.2, 0.25) is 0 Å². The third kappa shape index (κ3) is 2.51. The maximum absolute atomic E-state index is 12.1. The van der Waals surface area contributed by atoms with Gasteiger partial charge in [0.15, 0.2) is 0 Å². The highest BCUT2D eigenvalue weighted by molar-refractivity contribution is 7.89. The fourth-order valence-electron chi connectivity index (χ4n) is 1.15. The minimum absolute atomic E-state index is 0.0730. The SMILES string of the molecule is CNc1cc(S(=O)(=O)N(C)C(C)C)ccn1. The van der Waals surface area contributed by atoms with Gasteiger partial charge in [-0.25, -0.2) is 13.4 Å². The zero-order valence-electron chi connectivity index (χ0n) is 9.93. The standard InChI is InChI=1S/C10H17N3O2S/c1-8(2)13(4)16(14,15)9-5-6-12-10(7-9)11-3/h5-8H,1-4H3,(H,11,12). The number of hydrogen-bond acceptors (Lipinski definition) is 4. The van der Waals surface area contributed by atoms with Crippen molar-refractivity contribution in [3.63, 3.8) is 0 Å². The lowest BCUT2D eigenvalue weighted by atomic mass is 10.4. The molecule has 0 spiro atoms. The van der Waals surface area contributed by atoms with Crippen LogP contribution in [0.3, 0.4) is 0 Å². The third-order valence-corrected chi connectivity index (χ3v) is 4.42. The van der Waals surface area contributed by atoms with Gasteiger partial charge in [0.25, 0.3) is 0 Å². The van der Waals surface area contributed by atoms with Gasteiger partial charge in [-0.1, -0.05) is 0 Å². The molecule has 0 bridgehead atoms. The van der Waals surface area contributed by atoms with Crippen LogP contribution in [-0.2, 0) is 10.0 Å². The van der Waals surface area contributed by atoms with E-state index in [1.165, 1.54) is 22.6 Å². The molecule has 6 heteroatoms. The van der Waals surface area contributed by atoms with Gasteiger partial charge in [-0.3, -0.25) is 0 Å². The molecule has 1 aromatic rings. The van der Waals surface area contributed by atoms with Crippen molar-refractivity contribution in [2.24, 2.45) is 0 Å². The molecule has 1 N–H and O–H groups in total. The summed E-state index contributed by atoms with van der Waals surface area (Å²) in [6.45, 7) is 3.66. The molecule has 1 heterocycles. The number of hydrogen-bond donors (Lipinski definition) is 1. The zero-order chi connectivity index (χ0) is 12.3. The summed E-state index contributed by atoms with van der Waals surface area (Å²) >= 11 is 0. The van der Waals surface area contributed by atoms with Crippen molar-refractivity contribution in [2.75, 3.05) is 19.4 Å². The van der Waals surface area contributed by atoms with Gasteiger partial charge in [0, 0.05) is 32.4 Å². The summed E-state index contributed by atoms with van der Waals surface area (Å²) in [6.07, 6.45) is 1.48. The first-order valence-corrected chi connectivity index (χ1v) is 6.45. The van der Waals surface area contributed by atoms with Gasteiger partial charge in [-0.2, -0.15) is 4.31 Å². The third-order valence-electron chi connectivity index (χ3n) is 2.39. The number of sulfonamides is 1. The predicted molar refractivity (Wildman–Crippen MR) is 63.9 cm³/mol. The Kier molecular flexibility index (Phi) is 3.88. The normalized spacial score (nSPS) is 12.1. The van der Waals surface area contributed by atoms with Crippen molar-refractivity contribution >= 4 is 15.8 Å². The van der Waals surface area contributed by atoms with Gasteiger partial charge in [0.2, 0.25) is 10.0 Å². The van der Waals surface area contributed by atoms with E-state index in [0.29, 0.717) is 5.82 Å². The van der Waals surface area contributed by atoms with E-state index in [0.717, 1.165) is 0 Å². The van der Waals surface area contributed by atoms with E-state index in [-0.39, 0.29) is 10.9 Å². The summed E-state index contributed by atoms with van der Waals surface area (Å²) in [4.78, 5) is 4.23. The number of anilines is 1. The average molecular weight is 243 g/mol. The monoisotopic (exact) mass is 243 g/mol. The van der Waals surface area contributed by atoms with E-state index in [9.17, 15) is 8.42 Å². The number of aromatic nitrogens is 1. The van der Waals surface area contributed by atoms with E-state index < -0.39 is 10.0 Å². The molecule has 0 fully saturated rings. The summed E-state index contributed by atoms with van der Waals surface area (Å²) in [5, 5.41) is 2.81. The average Bonchev–Trinajstić information content (AvgIpc) is 2.27. The van der Waals surface area contributed by atoms with E-state index in [2.05, 4.69) is 10.3 Å². The van der Waals surface area contributed by atoms with Crippen LogP contribution in [0.25, 0.3) is 0 Å². The summed E-state index contributed by atoms with van der Waals surface area (Å²) in [5.74, 6) is 0.540. The fraction of sp³-hybridized carbons (Fsp3) is 0.500. The van der Waals surface area contributed by atoms with Gasteiger partial charge in [-0.15, -0.1) is 0 Å². The first-order chi connectivity index (χ1) is 7.39. The highest BCUT2D eigenvalue weighted by atomic mass is 32.2. The van der Waals surface area contributed by atoms with Gasteiger partial charge < -0.3 is 5.32 Å². The Balaban J connectivity index is 3.17. The Hall–Kier alpha value is -1.14. The molecule has 16 heavy (non-hydrogen) atoms. The Morgan fingerprint density at radius 3 is 2.56 bits per heavy atom. The maximum Gasteiger partial charge on any atom is 0.243 e. The molecule has 0 amide bonds. The Bertz CT molecular complexity index is 457. The van der Waals surface area contributed by atoms with E-state index >= 15 is 0 Å². The molecule has 0 aliphatic carbocycles. The molecule has 0 aliphatic heterocycles. The predicted octanol–water partition coefficient (Wildman–Crippen LogP) is 1.15. The molecule has 1 rings (SSSR count). The van der Waals surface area contributed by atoms with Crippen LogP contribution >= 0.6 is 0 Å². The molecule has 0 atom stereocenters. The molecule has 0 aromatic carbocycles. The van der Waals surface area contributed by atoms with E-state index in [4.69, 9.17) is 0 Å². The zero-order valence-corrected chi connectivity index (χ0v) is 10.7. The van der Waals surface area contributed by atoms with Crippen LogP contribution in [0, 0.1) is 0 Å². The minimum atomic E-state index is -3.42. The van der Waals surface area contributed by atoms with Crippen molar-refractivity contribution in [3.05, 3.63) is 18.3 Å². The molecule has 1 aromatic heterocycles. The Morgan fingerprint density at radius 2 is 2.06 bits per heavy atom. The van der Waals surface area contributed by atoms with Gasteiger partial charge in [-0.05, 0) is 19.9 Å². The van der Waals surface area contributed by atoms with Crippen molar-refractivity contribution in [2.45, 2.75) is 24.8 Å². The fourth-order valence-corrected chi connectivity index (χ4v) is 2.53. The van der Waals surface area contributed by atoms with Crippen LogP contribution in [-0.4, -0.2) is 37.8 Å². The number of pyridine rings is 1. The highest BCUT2D eigenvalue weighted by Crippen LogP contribution is 2.17. The van der Waals surface area contributed by atoms with Crippen LogP contribution < -0.4 is 5.32 Å². The number of rotatable bonds is 4. The van der Waals surface area contributed by atoms with Gasteiger partial charge in [0.1, 0.15) is 5.82 Å². The first-order valence-electron chi connectivity index (χ1n) is 5.01. The minimum Gasteiger partial charge on any atom is -0.373 e. The van der Waals surface area contributed by atoms with Crippen molar-refractivity contribution in [1.29, 1.82) is 0 Å². The summed E-state index contributed by atoms with van der Waals surface area (Å²) in [5.41, 5.74) is 0. The molecule has 0 saturated carbocycles. The Labute approximate surface area is 96.5 Å². The van der Waals surface area contributed by atoms with Gasteiger partial charge >= 0.3 is 0 Å². The van der Waals surface area contributed by atoms with Crippen LogP contribution in [0.15, 0.2) is 23.2 Å². The van der Waals surface area contributed by atoms with E-state index in [1.54, 1.807) is 14.1 Å². The smallest absolute Gasteiger partial charge is 0.243 e. The molecular weight excluding hydrogens is 226 g/mol. The van der Waals surface area contributed by atoms with Crippen LogP contribution in [0.5, 0.6) is 0 Å². The quantitative estimate of drug-likeness (QED) is 0.861. The summed E-state index contributed by atoms with van der Waals surface area (Å²) in [7, 11) is -0.149. The molecular formula is C10H17N3O2S. The van der Waals surface area contributed by atoms with Crippen molar-refractivity contribution in [3.8, 4) is 0 Å². The lowest BCUT2D eigenvalue weighted by Crippen LogP contribution is -2.33. The van der Waals surface area contributed by atoms with Gasteiger partial charge in [0.05, 0.1) is 4.90 Å². The van der Waals surface area contributed by atoms with E-state index in [1.807, 2.05) is 13.8 Å². The lowest BCUT2D eigenvalue weighted by Gasteiger charge is -2.21. The van der Waals surface area contributed by atoms with Crippen LogP contribution in [0.1, 0.15) is 13.8 Å². The molecule has 0 aliphatic rings. The second kappa shape index (κ2) is 4.80.